The number of fused-ring (bicyclic) bond motifs is 1. The lowest BCUT2D eigenvalue weighted by molar-refractivity contribution is -0.132. The zero-order valence-electron chi connectivity index (χ0n) is 24.7. The van der Waals surface area contributed by atoms with Gasteiger partial charge in [0.2, 0.25) is 17.7 Å². The molecule has 2 saturated heterocycles. The number of benzene rings is 1. The first-order valence-corrected chi connectivity index (χ1v) is 15.3. The van der Waals surface area contributed by atoms with E-state index in [2.05, 4.69) is 25.1 Å². The summed E-state index contributed by atoms with van der Waals surface area (Å²) in [5.41, 5.74) is 2.68. The number of imidazole rings is 1. The zero-order valence-corrected chi connectivity index (χ0v) is 25.5. The van der Waals surface area contributed by atoms with Gasteiger partial charge in [0.15, 0.2) is 5.65 Å². The molecule has 1 aromatic carbocycles. The fourth-order valence-electron chi connectivity index (χ4n) is 5.73. The van der Waals surface area contributed by atoms with Gasteiger partial charge in [-0.3, -0.25) is 14.3 Å². The van der Waals surface area contributed by atoms with Gasteiger partial charge in [-0.2, -0.15) is 0 Å². The van der Waals surface area contributed by atoms with Crippen LogP contribution in [0.1, 0.15) is 38.6 Å². The summed E-state index contributed by atoms with van der Waals surface area (Å²) in [6, 6.07) is 9.20. The number of piperazine rings is 1. The standard InChI is InChI=1S/C30H35ClN8O5/c1-19(2)18-43-30(42)38-12-10-36(11-13-38)23-15-20(14-21(31)16-23)28-35-34-25(44-28)17-26(40)37-8-5-22(6-9-37)39-24-4-3-7-32-27(24)33-29(39)41/h3-4,7,14-16,19,22H,5-6,8-13,17-18H2,1-2H3,(H,32,33,41). The minimum Gasteiger partial charge on any atom is -0.449 e. The quantitative estimate of drug-likeness (QED) is 0.326. The molecule has 1 N–H and O–H groups in total. The molecule has 0 aliphatic carbocycles. The number of H-pyrrole nitrogens is 1. The lowest BCUT2D eigenvalue weighted by Gasteiger charge is -2.35. The molecule has 2 aliphatic heterocycles. The summed E-state index contributed by atoms with van der Waals surface area (Å²) in [6.07, 6.45) is 2.65. The summed E-state index contributed by atoms with van der Waals surface area (Å²) >= 11 is 6.46. The van der Waals surface area contributed by atoms with Crippen molar-refractivity contribution in [1.82, 2.24) is 34.5 Å². The van der Waals surface area contributed by atoms with E-state index in [4.69, 9.17) is 20.8 Å². The van der Waals surface area contributed by atoms with E-state index in [9.17, 15) is 14.4 Å². The lowest BCUT2D eigenvalue weighted by Crippen LogP contribution is -2.49. The third kappa shape index (κ3) is 6.42. The van der Waals surface area contributed by atoms with Crippen LogP contribution in [-0.2, 0) is 16.0 Å². The molecule has 0 unspecified atom stereocenters. The van der Waals surface area contributed by atoms with Crippen molar-refractivity contribution in [3.63, 3.8) is 0 Å². The fraction of sp³-hybridized carbons (Fsp3) is 0.467. The van der Waals surface area contributed by atoms with Crippen molar-refractivity contribution in [3.8, 4) is 11.5 Å². The summed E-state index contributed by atoms with van der Waals surface area (Å²) < 4.78 is 13.0. The van der Waals surface area contributed by atoms with Crippen molar-refractivity contribution >= 4 is 40.5 Å². The summed E-state index contributed by atoms with van der Waals surface area (Å²) in [5, 5.41) is 8.82. The monoisotopic (exact) mass is 622 g/mol. The number of carbonyl (C=O) groups is 2. The summed E-state index contributed by atoms with van der Waals surface area (Å²) in [7, 11) is 0. The van der Waals surface area contributed by atoms with Crippen LogP contribution in [0.5, 0.6) is 0 Å². The molecule has 2 fully saturated rings. The van der Waals surface area contributed by atoms with Crippen molar-refractivity contribution < 1.29 is 18.7 Å². The predicted octanol–water partition coefficient (Wildman–Crippen LogP) is 3.75. The number of ether oxygens (including phenoxy) is 1. The van der Waals surface area contributed by atoms with Gasteiger partial charge in [-0.05, 0) is 49.1 Å². The van der Waals surface area contributed by atoms with E-state index in [-0.39, 0.29) is 47.9 Å². The first-order chi connectivity index (χ1) is 21.2. The average Bonchev–Trinajstić information content (AvgIpc) is 3.63. The molecule has 2 amide bonds. The molecule has 0 bridgehead atoms. The molecule has 14 heteroatoms. The second kappa shape index (κ2) is 12.7. The number of piperidine rings is 1. The summed E-state index contributed by atoms with van der Waals surface area (Å²) in [4.78, 5) is 50.7. The highest BCUT2D eigenvalue weighted by molar-refractivity contribution is 6.31. The van der Waals surface area contributed by atoms with Gasteiger partial charge in [0, 0.05) is 67.8 Å². The maximum atomic E-state index is 13.1. The Hall–Kier alpha value is -4.39. The van der Waals surface area contributed by atoms with E-state index in [0.29, 0.717) is 75.0 Å². The molecular weight excluding hydrogens is 588 g/mol. The third-order valence-electron chi connectivity index (χ3n) is 8.01. The SMILES string of the molecule is CC(C)COC(=O)N1CCN(c2cc(Cl)cc(-c3nnc(CC(=O)N4CCC(n5c(=O)[nH]c6ncccc65)CC4)o3)c2)CC1. The second-order valence-electron chi connectivity index (χ2n) is 11.6. The van der Waals surface area contributed by atoms with Crippen LogP contribution in [0, 0.1) is 5.92 Å². The summed E-state index contributed by atoms with van der Waals surface area (Å²) in [6.45, 7) is 7.79. The van der Waals surface area contributed by atoms with E-state index in [1.807, 2.05) is 38.1 Å². The molecular formula is C30H35ClN8O5. The number of hydrogen-bond donors (Lipinski definition) is 1. The van der Waals surface area contributed by atoms with Crippen molar-refractivity contribution in [2.45, 2.75) is 39.2 Å². The van der Waals surface area contributed by atoms with Crippen molar-refractivity contribution in [3.05, 3.63) is 57.9 Å². The molecule has 5 heterocycles. The molecule has 2 aliphatic rings. The molecule has 44 heavy (non-hydrogen) atoms. The highest BCUT2D eigenvalue weighted by Crippen LogP contribution is 2.30. The highest BCUT2D eigenvalue weighted by Gasteiger charge is 2.28. The van der Waals surface area contributed by atoms with E-state index in [0.717, 1.165) is 11.2 Å². The van der Waals surface area contributed by atoms with Gasteiger partial charge in [-0.1, -0.05) is 25.4 Å². The Bertz CT molecular complexity index is 1700. The van der Waals surface area contributed by atoms with Crippen LogP contribution in [0.4, 0.5) is 10.5 Å². The topological polar surface area (TPSA) is 143 Å². The van der Waals surface area contributed by atoms with Crippen molar-refractivity contribution in [2.75, 3.05) is 50.8 Å². The number of aromatic nitrogens is 5. The smallest absolute Gasteiger partial charge is 0.409 e. The normalized spacial score (nSPS) is 16.2. The van der Waals surface area contributed by atoms with Gasteiger partial charge in [0.1, 0.15) is 6.42 Å². The van der Waals surface area contributed by atoms with Gasteiger partial charge >= 0.3 is 11.8 Å². The van der Waals surface area contributed by atoms with Crippen LogP contribution < -0.4 is 10.6 Å². The minimum absolute atomic E-state index is 0.0156. The molecule has 3 aromatic heterocycles. The Labute approximate surface area is 258 Å². The van der Waals surface area contributed by atoms with Crippen LogP contribution in [-0.4, -0.2) is 92.4 Å². The van der Waals surface area contributed by atoms with Crippen LogP contribution in [0.3, 0.4) is 0 Å². The molecule has 232 valence electrons. The van der Waals surface area contributed by atoms with Crippen LogP contribution >= 0.6 is 11.6 Å². The number of anilines is 1. The minimum atomic E-state index is -0.287. The van der Waals surface area contributed by atoms with Crippen LogP contribution in [0.25, 0.3) is 22.6 Å². The Morgan fingerprint density at radius 2 is 1.84 bits per heavy atom. The third-order valence-corrected chi connectivity index (χ3v) is 8.23. The first kappa shape index (κ1) is 29.7. The van der Waals surface area contributed by atoms with Crippen molar-refractivity contribution in [2.24, 2.45) is 5.92 Å². The molecule has 0 spiro atoms. The van der Waals surface area contributed by atoms with Crippen molar-refractivity contribution in [1.29, 1.82) is 0 Å². The number of nitrogens with zero attached hydrogens (tertiary/aromatic N) is 7. The molecule has 6 rings (SSSR count). The number of hydrogen-bond acceptors (Lipinski definition) is 9. The Kier molecular flexibility index (Phi) is 8.56. The molecule has 13 nitrogen and oxygen atoms in total. The average molecular weight is 623 g/mol. The maximum Gasteiger partial charge on any atom is 0.409 e. The van der Waals surface area contributed by atoms with E-state index < -0.39 is 0 Å². The lowest BCUT2D eigenvalue weighted by atomic mass is 10.0. The number of likely N-dealkylation sites (tertiary alicyclic amines) is 1. The zero-order chi connectivity index (χ0) is 30.8. The number of nitrogens with one attached hydrogen (secondary N) is 1. The van der Waals surface area contributed by atoms with Crippen LogP contribution in [0.2, 0.25) is 5.02 Å². The van der Waals surface area contributed by atoms with Gasteiger partial charge in [0.05, 0.1) is 12.1 Å². The number of carbonyl (C=O) groups excluding carboxylic acids is 2. The maximum absolute atomic E-state index is 13.1. The van der Waals surface area contributed by atoms with Gasteiger partial charge in [-0.25, -0.2) is 14.6 Å². The summed E-state index contributed by atoms with van der Waals surface area (Å²) in [5.74, 6) is 0.678. The largest absolute Gasteiger partial charge is 0.449 e. The molecule has 4 aromatic rings. The van der Waals surface area contributed by atoms with E-state index in [1.165, 1.54) is 0 Å². The molecule has 0 radical (unpaired) electrons. The van der Waals surface area contributed by atoms with Gasteiger partial charge < -0.3 is 23.9 Å². The second-order valence-corrected chi connectivity index (χ2v) is 12.0. The molecule has 0 atom stereocenters. The highest BCUT2D eigenvalue weighted by atomic mass is 35.5. The van der Waals surface area contributed by atoms with Crippen LogP contribution in [0.15, 0.2) is 45.7 Å². The molecule has 0 saturated carbocycles. The fourth-order valence-corrected chi connectivity index (χ4v) is 5.96. The Morgan fingerprint density at radius 3 is 2.59 bits per heavy atom. The number of halogens is 1. The van der Waals surface area contributed by atoms with Gasteiger partial charge in [0.25, 0.3) is 0 Å². The number of amides is 2. The predicted molar refractivity (Wildman–Crippen MR) is 164 cm³/mol. The first-order valence-electron chi connectivity index (χ1n) is 14.9. The number of pyridine rings is 1. The Balaban J connectivity index is 1.05. The Morgan fingerprint density at radius 1 is 1.07 bits per heavy atom. The van der Waals surface area contributed by atoms with E-state index in [1.54, 1.807) is 26.6 Å². The number of rotatable bonds is 7. The number of aromatic amines is 1. The van der Waals surface area contributed by atoms with Gasteiger partial charge in [-0.15, -0.1) is 10.2 Å². The van der Waals surface area contributed by atoms with E-state index >= 15 is 0 Å².